The minimum Gasteiger partial charge on any atom is -0.384 e. The molecule has 0 aliphatic rings. The smallest absolute Gasteiger partial charge is 0.0340 e. The molecule has 1 rings (SSSR count). The van der Waals surface area contributed by atoms with Crippen molar-refractivity contribution in [3.63, 3.8) is 0 Å². The van der Waals surface area contributed by atoms with Crippen LogP contribution in [0, 0.1) is 6.92 Å². The van der Waals surface area contributed by atoms with Crippen LogP contribution in [0.25, 0.3) is 0 Å². The summed E-state index contributed by atoms with van der Waals surface area (Å²) in [6.45, 7) is 11.2. The molecule has 0 fully saturated rings. The number of rotatable bonds is 8. The SMILES string of the molecule is CCCN(CCC)CCNc1ccc(C)cc1. The fourth-order valence-electron chi connectivity index (χ4n) is 2.00. The molecule has 0 amide bonds. The zero-order chi connectivity index (χ0) is 12.5. The van der Waals surface area contributed by atoms with Crippen LogP contribution in [-0.4, -0.2) is 31.1 Å². The Morgan fingerprint density at radius 1 is 0.941 bits per heavy atom. The number of benzene rings is 1. The predicted octanol–water partition coefficient (Wildman–Crippen LogP) is 3.53. The Bertz CT molecular complexity index is 286. The van der Waals surface area contributed by atoms with Crippen molar-refractivity contribution in [3.05, 3.63) is 29.8 Å². The van der Waals surface area contributed by atoms with E-state index in [1.807, 2.05) is 0 Å². The van der Waals surface area contributed by atoms with E-state index in [0.29, 0.717) is 0 Å². The number of aryl methyl sites for hydroxylation is 1. The Kier molecular flexibility index (Phi) is 6.71. The van der Waals surface area contributed by atoms with Crippen LogP contribution in [0.5, 0.6) is 0 Å². The first-order valence-electron chi connectivity index (χ1n) is 6.79. The molecular weight excluding hydrogens is 208 g/mol. The first kappa shape index (κ1) is 14.0. The molecule has 0 saturated carbocycles. The molecule has 0 heterocycles. The van der Waals surface area contributed by atoms with E-state index in [2.05, 4.69) is 55.3 Å². The Morgan fingerprint density at radius 3 is 2.06 bits per heavy atom. The van der Waals surface area contributed by atoms with Gasteiger partial charge in [0.15, 0.2) is 0 Å². The summed E-state index contributed by atoms with van der Waals surface area (Å²) in [5.74, 6) is 0. The Morgan fingerprint density at radius 2 is 1.53 bits per heavy atom. The molecule has 1 N–H and O–H groups in total. The molecular formula is C15H26N2. The van der Waals surface area contributed by atoms with Gasteiger partial charge in [0.25, 0.3) is 0 Å². The minimum absolute atomic E-state index is 1.03. The maximum absolute atomic E-state index is 3.48. The number of anilines is 1. The molecule has 0 aliphatic heterocycles. The van der Waals surface area contributed by atoms with Gasteiger partial charge in [0.1, 0.15) is 0 Å². The molecule has 0 bridgehead atoms. The van der Waals surface area contributed by atoms with E-state index >= 15 is 0 Å². The largest absolute Gasteiger partial charge is 0.384 e. The van der Waals surface area contributed by atoms with Gasteiger partial charge in [0.05, 0.1) is 0 Å². The third-order valence-electron chi connectivity index (χ3n) is 2.89. The Hall–Kier alpha value is -1.02. The number of nitrogens with zero attached hydrogens (tertiary/aromatic N) is 1. The molecule has 2 heteroatoms. The lowest BCUT2D eigenvalue weighted by Crippen LogP contribution is -2.30. The number of nitrogens with one attached hydrogen (secondary N) is 1. The second-order valence-corrected chi connectivity index (χ2v) is 4.63. The van der Waals surface area contributed by atoms with Gasteiger partial charge in [-0.1, -0.05) is 31.5 Å². The van der Waals surface area contributed by atoms with Crippen LogP contribution in [-0.2, 0) is 0 Å². The highest BCUT2D eigenvalue weighted by Crippen LogP contribution is 2.08. The van der Waals surface area contributed by atoms with Gasteiger partial charge >= 0.3 is 0 Å². The summed E-state index contributed by atoms with van der Waals surface area (Å²) in [4.78, 5) is 2.53. The minimum atomic E-state index is 1.03. The van der Waals surface area contributed by atoms with Crippen LogP contribution in [0.3, 0.4) is 0 Å². The van der Waals surface area contributed by atoms with Crippen LogP contribution in [0.15, 0.2) is 24.3 Å². The molecule has 17 heavy (non-hydrogen) atoms. The van der Waals surface area contributed by atoms with Crippen LogP contribution in [0.1, 0.15) is 32.3 Å². The van der Waals surface area contributed by atoms with Crippen LogP contribution >= 0.6 is 0 Å². The molecule has 0 unspecified atom stereocenters. The standard InChI is InChI=1S/C15H26N2/c1-4-11-17(12-5-2)13-10-16-15-8-6-14(3)7-9-15/h6-9,16H,4-5,10-13H2,1-3H3. The van der Waals surface area contributed by atoms with Gasteiger partial charge in [-0.25, -0.2) is 0 Å². The van der Waals surface area contributed by atoms with Crippen molar-refractivity contribution in [1.29, 1.82) is 0 Å². The highest BCUT2D eigenvalue weighted by Gasteiger charge is 2.01. The molecule has 1 aromatic rings. The summed E-state index contributed by atoms with van der Waals surface area (Å²) in [5, 5.41) is 3.48. The quantitative estimate of drug-likeness (QED) is 0.740. The van der Waals surface area contributed by atoms with E-state index in [9.17, 15) is 0 Å². The second kappa shape index (κ2) is 8.13. The average molecular weight is 234 g/mol. The summed E-state index contributed by atoms with van der Waals surface area (Å²) < 4.78 is 0. The predicted molar refractivity (Wildman–Crippen MR) is 76.7 cm³/mol. The van der Waals surface area contributed by atoms with E-state index in [1.54, 1.807) is 0 Å². The summed E-state index contributed by atoms with van der Waals surface area (Å²) >= 11 is 0. The van der Waals surface area contributed by atoms with E-state index in [1.165, 1.54) is 37.2 Å². The van der Waals surface area contributed by atoms with E-state index < -0.39 is 0 Å². The van der Waals surface area contributed by atoms with Gasteiger partial charge in [0, 0.05) is 18.8 Å². The third-order valence-corrected chi connectivity index (χ3v) is 2.89. The fraction of sp³-hybridized carbons (Fsp3) is 0.600. The Labute approximate surface area is 106 Å². The Balaban J connectivity index is 2.27. The van der Waals surface area contributed by atoms with Crippen LogP contribution in [0.4, 0.5) is 5.69 Å². The fourth-order valence-corrected chi connectivity index (χ4v) is 2.00. The first-order valence-corrected chi connectivity index (χ1v) is 6.79. The van der Waals surface area contributed by atoms with Gasteiger partial charge in [-0.3, -0.25) is 0 Å². The molecule has 0 aliphatic carbocycles. The molecule has 2 nitrogen and oxygen atoms in total. The first-order chi connectivity index (χ1) is 8.26. The number of hydrogen-bond donors (Lipinski definition) is 1. The van der Waals surface area contributed by atoms with Crippen molar-refractivity contribution < 1.29 is 0 Å². The normalized spacial score (nSPS) is 10.8. The van der Waals surface area contributed by atoms with Gasteiger partial charge in [0.2, 0.25) is 0 Å². The monoisotopic (exact) mass is 234 g/mol. The summed E-state index contributed by atoms with van der Waals surface area (Å²) in [6, 6.07) is 8.61. The molecule has 96 valence electrons. The van der Waals surface area contributed by atoms with E-state index in [0.717, 1.165) is 13.1 Å². The zero-order valence-electron chi connectivity index (χ0n) is 11.5. The van der Waals surface area contributed by atoms with Gasteiger partial charge in [-0.05, 0) is 45.0 Å². The second-order valence-electron chi connectivity index (χ2n) is 4.63. The molecule has 0 spiro atoms. The third kappa shape index (κ3) is 5.73. The maximum Gasteiger partial charge on any atom is 0.0340 e. The van der Waals surface area contributed by atoms with Crippen molar-refractivity contribution in [3.8, 4) is 0 Å². The van der Waals surface area contributed by atoms with Crippen molar-refractivity contribution >= 4 is 5.69 Å². The van der Waals surface area contributed by atoms with Crippen molar-refractivity contribution in [2.75, 3.05) is 31.5 Å². The maximum atomic E-state index is 3.48. The lowest BCUT2D eigenvalue weighted by Gasteiger charge is -2.21. The summed E-state index contributed by atoms with van der Waals surface area (Å²) in [6.07, 6.45) is 2.48. The molecule has 1 aromatic carbocycles. The van der Waals surface area contributed by atoms with Crippen LogP contribution < -0.4 is 5.32 Å². The lowest BCUT2D eigenvalue weighted by molar-refractivity contribution is 0.285. The topological polar surface area (TPSA) is 15.3 Å². The summed E-state index contributed by atoms with van der Waals surface area (Å²) in [5.41, 5.74) is 2.54. The van der Waals surface area contributed by atoms with Gasteiger partial charge in [-0.2, -0.15) is 0 Å². The van der Waals surface area contributed by atoms with Crippen LogP contribution in [0.2, 0.25) is 0 Å². The zero-order valence-corrected chi connectivity index (χ0v) is 11.5. The van der Waals surface area contributed by atoms with Crippen molar-refractivity contribution in [2.45, 2.75) is 33.6 Å². The molecule has 0 saturated heterocycles. The van der Waals surface area contributed by atoms with E-state index in [-0.39, 0.29) is 0 Å². The number of hydrogen-bond acceptors (Lipinski definition) is 2. The summed E-state index contributed by atoms with van der Waals surface area (Å²) in [7, 11) is 0. The van der Waals surface area contributed by atoms with Crippen molar-refractivity contribution in [2.24, 2.45) is 0 Å². The molecule has 0 atom stereocenters. The lowest BCUT2D eigenvalue weighted by atomic mass is 10.2. The van der Waals surface area contributed by atoms with Gasteiger partial charge in [-0.15, -0.1) is 0 Å². The highest BCUT2D eigenvalue weighted by molar-refractivity contribution is 5.44. The molecule has 0 radical (unpaired) electrons. The van der Waals surface area contributed by atoms with Crippen molar-refractivity contribution in [1.82, 2.24) is 4.90 Å². The highest BCUT2D eigenvalue weighted by atomic mass is 15.1. The molecule has 0 aromatic heterocycles. The average Bonchev–Trinajstić information content (AvgIpc) is 2.32. The van der Waals surface area contributed by atoms with Gasteiger partial charge < -0.3 is 10.2 Å². The van der Waals surface area contributed by atoms with E-state index in [4.69, 9.17) is 0 Å².